The smallest absolute Gasteiger partial charge is 0.338 e. The number of methoxy groups -OCH3 is 1. The molecule has 0 heterocycles. The fraction of sp³-hybridized carbons (Fsp3) is 0.611. The summed E-state index contributed by atoms with van der Waals surface area (Å²) in [4.78, 5) is 14.3. The summed E-state index contributed by atoms with van der Waals surface area (Å²) >= 11 is 0. The Morgan fingerprint density at radius 3 is 2.23 bits per heavy atom. The lowest BCUT2D eigenvalue weighted by atomic mass is 10.2. The van der Waals surface area contributed by atoms with Crippen molar-refractivity contribution in [1.82, 2.24) is 4.90 Å². The van der Waals surface area contributed by atoms with Gasteiger partial charge in [0.25, 0.3) is 0 Å². The van der Waals surface area contributed by atoms with Gasteiger partial charge in [-0.15, -0.1) is 0 Å². The molecule has 0 radical (unpaired) electrons. The number of unbranched alkanes of at least 4 members (excludes halogenated alkanes) is 3. The van der Waals surface area contributed by atoms with Gasteiger partial charge in [-0.3, -0.25) is 0 Å². The molecule has 0 saturated heterocycles. The van der Waals surface area contributed by atoms with Gasteiger partial charge in [0.15, 0.2) is 0 Å². The van der Waals surface area contributed by atoms with E-state index in [0.717, 1.165) is 31.7 Å². The fourth-order valence-electron chi connectivity index (χ4n) is 2.31. The van der Waals surface area contributed by atoms with E-state index in [2.05, 4.69) is 18.7 Å². The predicted octanol–water partition coefficient (Wildman–Crippen LogP) is 3.75. The molecule has 4 nitrogen and oxygen atoms in total. The van der Waals surface area contributed by atoms with Crippen LogP contribution >= 0.6 is 0 Å². The molecule has 0 amide bonds. The third-order valence-corrected chi connectivity index (χ3v) is 3.82. The van der Waals surface area contributed by atoms with Gasteiger partial charge >= 0.3 is 5.97 Å². The van der Waals surface area contributed by atoms with E-state index in [1.807, 2.05) is 0 Å². The molecule has 0 unspecified atom stereocenters. The van der Waals surface area contributed by atoms with Crippen LogP contribution in [0.25, 0.3) is 0 Å². The van der Waals surface area contributed by atoms with Gasteiger partial charge < -0.3 is 14.4 Å². The Morgan fingerprint density at radius 1 is 1.00 bits per heavy atom. The number of carbonyl (C=O) groups excluding carboxylic acids is 1. The largest absolute Gasteiger partial charge is 0.497 e. The molecule has 0 N–H and O–H groups in total. The van der Waals surface area contributed by atoms with Crippen molar-refractivity contribution in [2.24, 2.45) is 0 Å². The monoisotopic (exact) mass is 307 g/mol. The van der Waals surface area contributed by atoms with E-state index in [1.54, 1.807) is 31.4 Å². The summed E-state index contributed by atoms with van der Waals surface area (Å²) < 4.78 is 10.3. The Kier molecular flexibility index (Phi) is 9.31. The molecule has 0 aliphatic carbocycles. The van der Waals surface area contributed by atoms with Crippen LogP contribution in [0.5, 0.6) is 5.75 Å². The van der Waals surface area contributed by atoms with Gasteiger partial charge in [0.1, 0.15) is 5.75 Å². The number of ether oxygens (including phenoxy) is 2. The summed E-state index contributed by atoms with van der Waals surface area (Å²) in [6, 6.07) is 6.99. The number of carbonyl (C=O) groups is 1. The minimum Gasteiger partial charge on any atom is -0.497 e. The number of nitrogens with zero attached hydrogens (tertiary/aromatic N) is 1. The minimum absolute atomic E-state index is 0.259. The van der Waals surface area contributed by atoms with Crippen LogP contribution in [0.1, 0.15) is 49.9 Å². The van der Waals surface area contributed by atoms with Crippen molar-refractivity contribution in [2.45, 2.75) is 39.5 Å². The van der Waals surface area contributed by atoms with Crippen molar-refractivity contribution in [1.29, 1.82) is 0 Å². The van der Waals surface area contributed by atoms with Crippen LogP contribution in [0.15, 0.2) is 24.3 Å². The van der Waals surface area contributed by atoms with E-state index in [9.17, 15) is 4.79 Å². The maximum absolute atomic E-state index is 11.8. The molecule has 0 aliphatic heterocycles. The predicted molar refractivity (Wildman–Crippen MR) is 89.5 cm³/mol. The average molecular weight is 307 g/mol. The molecular formula is C18H29NO3. The molecule has 0 saturated carbocycles. The van der Waals surface area contributed by atoms with Gasteiger partial charge in [-0.05, 0) is 56.7 Å². The molecule has 1 aromatic carbocycles. The summed E-state index contributed by atoms with van der Waals surface area (Å²) in [7, 11) is 1.60. The minimum atomic E-state index is -0.259. The molecule has 124 valence electrons. The number of benzene rings is 1. The highest BCUT2D eigenvalue weighted by molar-refractivity contribution is 5.89. The summed E-state index contributed by atoms with van der Waals surface area (Å²) in [6.45, 7) is 8.30. The highest BCUT2D eigenvalue weighted by Gasteiger charge is 2.06. The Morgan fingerprint density at radius 2 is 1.64 bits per heavy atom. The van der Waals surface area contributed by atoms with Gasteiger partial charge in [0, 0.05) is 0 Å². The molecule has 1 rings (SSSR count). The Bertz CT molecular complexity index is 413. The van der Waals surface area contributed by atoms with E-state index in [4.69, 9.17) is 9.47 Å². The quantitative estimate of drug-likeness (QED) is 0.461. The first-order valence-corrected chi connectivity index (χ1v) is 8.24. The molecule has 0 aliphatic rings. The molecule has 4 heteroatoms. The van der Waals surface area contributed by atoms with Crippen LogP contribution in [0.3, 0.4) is 0 Å². The first kappa shape index (κ1) is 18.5. The first-order valence-electron chi connectivity index (χ1n) is 8.24. The van der Waals surface area contributed by atoms with Gasteiger partial charge in [0.05, 0.1) is 19.3 Å². The Hall–Kier alpha value is -1.55. The molecule has 0 spiro atoms. The van der Waals surface area contributed by atoms with E-state index >= 15 is 0 Å². The average Bonchev–Trinajstić information content (AvgIpc) is 2.57. The summed E-state index contributed by atoms with van der Waals surface area (Å²) in [5.41, 5.74) is 0.572. The summed E-state index contributed by atoms with van der Waals surface area (Å²) in [5.74, 6) is 0.482. The van der Waals surface area contributed by atoms with Gasteiger partial charge in [-0.2, -0.15) is 0 Å². The molecule has 0 fully saturated rings. The highest BCUT2D eigenvalue weighted by Crippen LogP contribution is 2.12. The highest BCUT2D eigenvalue weighted by atomic mass is 16.5. The number of hydrogen-bond donors (Lipinski definition) is 0. The van der Waals surface area contributed by atoms with Gasteiger partial charge in [0.2, 0.25) is 0 Å². The third-order valence-electron chi connectivity index (χ3n) is 3.82. The van der Waals surface area contributed by atoms with Crippen molar-refractivity contribution in [2.75, 3.05) is 33.4 Å². The molecule has 22 heavy (non-hydrogen) atoms. The second-order valence-corrected chi connectivity index (χ2v) is 5.31. The van der Waals surface area contributed by atoms with E-state index < -0.39 is 0 Å². The lowest BCUT2D eigenvalue weighted by Crippen LogP contribution is -2.23. The van der Waals surface area contributed by atoms with Crippen LogP contribution in [-0.2, 0) is 4.74 Å². The van der Waals surface area contributed by atoms with Crippen molar-refractivity contribution < 1.29 is 14.3 Å². The Labute approximate surface area is 134 Å². The lowest BCUT2D eigenvalue weighted by Gasteiger charge is -2.17. The van der Waals surface area contributed by atoms with E-state index in [-0.39, 0.29) is 5.97 Å². The standard InChI is InChI=1S/C18H29NO3/c1-4-19(5-2)14-8-6-7-9-15-22-18(20)16-10-12-17(21-3)13-11-16/h10-13H,4-9,14-15H2,1-3H3. The SMILES string of the molecule is CCN(CC)CCCCCCOC(=O)c1ccc(OC)cc1. The topological polar surface area (TPSA) is 38.8 Å². The normalized spacial score (nSPS) is 10.7. The van der Waals surface area contributed by atoms with Crippen molar-refractivity contribution in [3.05, 3.63) is 29.8 Å². The van der Waals surface area contributed by atoms with Crippen LogP contribution < -0.4 is 4.74 Å². The zero-order valence-electron chi connectivity index (χ0n) is 14.1. The lowest BCUT2D eigenvalue weighted by molar-refractivity contribution is 0.0497. The second-order valence-electron chi connectivity index (χ2n) is 5.31. The number of esters is 1. The maximum atomic E-state index is 11.8. The number of hydrogen-bond acceptors (Lipinski definition) is 4. The van der Waals surface area contributed by atoms with E-state index in [1.165, 1.54) is 19.4 Å². The van der Waals surface area contributed by atoms with Crippen molar-refractivity contribution >= 4 is 5.97 Å². The fourth-order valence-corrected chi connectivity index (χ4v) is 2.31. The zero-order chi connectivity index (χ0) is 16.2. The van der Waals surface area contributed by atoms with Crippen LogP contribution in [0.2, 0.25) is 0 Å². The van der Waals surface area contributed by atoms with Crippen molar-refractivity contribution in [3.63, 3.8) is 0 Å². The zero-order valence-corrected chi connectivity index (χ0v) is 14.1. The molecule has 1 aromatic rings. The molecular weight excluding hydrogens is 278 g/mol. The summed E-state index contributed by atoms with van der Waals surface area (Å²) in [5, 5.41) is 0. The molecule has 0 atom stereocenters. The molecule has 0 aromatic heterocycles. The van der Waals surface area contributed by atoms with Gasteiger partial charge in [-0.25, -0.2) is 4.79 Å². The van der Waals surface area contributed by atoms with Crippen molar-refractivity contribution in [3.8, 4) is 5.75 Å². The van der Waals surface area contributed by atoms with Crippen LogP contribution in [0.4, 0.5) is 0 Å². The van der Waals surface area contributed by atoms with E-state index in [0.29, 0.717) is 12.2 Å². The molecule has 0 bridgehead atoms. The number of rotatable bonds is 11. The maximum Gasteiger partial charge on any atom is 0.338 e. The van der Waals surface area contributed by atoms with Crippen LogP contribution in [0, 0.1) is 0 Å². The van der Waals surface area contributed by atoms with Gasteiger partial charge in [-0.1, -0.05) is 26.7 Å². The second kappa shape index (κ2) is 11.1. The summed E-state index contributed by atoms with van der Waals surface area (Å²) in [6.07, 6.45) is 4.45. The first-order chi connectivity index (χ1) is 10.7. The Balaban J connectivity index is 2.10. The van der Waals surface area contributed by atoms with Crippen LogP contribution in [-0.4, -0.2) is 44.2 Å². The third kappa shape index (κ3) is 6.94.